The molecule has 0 spiro atoms. The van der Waals surface area contributed by atoms with E-state index in [1.807, 2.05) is 0 Å². The predicted molar refractivity (Wildman–Crippen MR) is 37.3 cm³/mol. The van der Waals surface area contributed by atoms with Gasteiger partial charge in [0.25, 0.3) is 0 Å². The molecule has 0 aliphatic carbocycles. The van der Waals surface area contributed by atoms with E-state index in [9.17, 15) is 0 Å². The van der Waals surface area contributed by atoms with Crippen molar-refractivity contribution < 1.29 is 32.9 Å². The molecule has 0 saturated heterocycles. The van der Waals surface area contributed by atoms with E-state index in [1.165, 1.54) is 0 Å². The van der Waals surface area contributed by atoms with E-state index >= 15 is 0 Å². The van der Waals surface area contributed by atoms with Gasteiger partial charge in [-0.2, -0.15) is 0 Å². The van der Waals surface area contributed by atoms with Crippen LogP contribution in [0.15, 0.2) is 0 Å². The minimum absolute atomic E-state index is 0. The summed E-state index contributed by atoms with van der Waals surface area (Å²) in [4.78, 5) is 0. The van der Waals surface area contributed by atoms with Crippen LogP contribution in [0.2, 0.25) is 0 Å². The van der Waals surface area contributed by atoms with E-state index in [4.69, 9.17) is 14.8 Å². The molecule has 4 nitrogen and oxygen atoms in total. The topological polar surface area (TPSA) is 80.9 Å². The minimum atomic E-state index is -5.00. The van der Waals surface area contributed by atoms with Crippen molar-refractivity contribution in [2.24, 2.45) is 0 Å². The van der Waals surface area contributed by atoms with Crippen LogP contribution in [-0.4, -0.2) is 86.5 Å². The molecule has 0 saturated carbocycles. The molecule has 0 fully saturated rings. The van der Waals surface area contributed by atoms with Gasteiger partial charge in [-0.1, -0.05) is 0 Å². The molecule has 0 unspecified atom stereocenters. The molecule has 0 aliphatic heterocycles. The SMILES string of the molecule is [CaH2].[MgH2].[OH][Ti]([OH])([OH])[OH].[SiH4]. The standard InChI is InChI=1S/Ca.Mg.4H2O.H4Si.Ti.4H/h;;4*1H2;1H4;;;;;/q;;;;;;;+4;;;;/p-4. The molecular weight excluding hydrogens is 204 g/mol. The Kier molecular flexibility index (Phi) is 27.5. The monoisotopic (exact) mass is 216 g/mol. The molecule has 48 valence electrons. The minimum Gasteiger partial charge on any atom is -0.0149 e. The third kappa shape index (κ3) is 68.4. The molecule has 0 radical (unpaired) electrons. The van der Waals surface area contributed by atoms with Crippen LogP contribution in [0.25, 0.3) is 0 Å². The maximum Gasteiger partial charge on any atom is -0.0149 e. The second-order valence-electron chi connectivity index (χ2n) is 0.600. The Morgan fingerprint density at radius 3 is 0.875 bits per heavy atom. The fourth-order valence-electron chi connectivity index (χ4n) is 0. The Morgan fingerprint density at radius 2 is 0.875 bits per heavy atom. The number of rotatable bonds is 0. The molecular formula is H12CaMgO4SiTi. The fraction of sp³-hybridized carbons (Fsp3) is 0. The Balaban J connectivity index is -0.0000000267. The molecule has 8 heavy (non-hydrogen) atoms. The van der Waals surface area contributed by atoms with Gasteiger partial charge in [0.2, 0.25) is 0 Å². The normalized spacial score (nSPS) is 7.50. The first-order chi connectivity index (χ1) is 2.00. The molecule has 0 amide bonds. The van der Waals surface area contributed by atoms with E-state index in [0.717, 1.165) is 0 Å². The second kappa shape index (κ2) is 9.80. The average molecular weight is 216 g/mol. The van der Waals surface area contributed by atoms with Gasteiger partial charge in [-0.05, 0) is 11.0 Å². The van der Waals surface area contributed by atoms with Gasteiger partial charge >= 0.3 is 93.7 Å². The zero-order valence-electron chi connectivity index (χ0n) is 2.29. The summed E-state index contributed by atoms with van der Waals surface area (Å²) in [5.74, 6) is 0. The summed E-state index contributed by atoms with van der Waals surface area (Å²) in [7, 11) is 0. The summed E-state index contributed by atoms with van der Waals surface area (Å²) in [6, 6.07) is 0. The van der Waals surface area contributed by atoms with Gasteiger partial charge in [0.15, 0.2) is 0 Å². The molecule has 0 rings (SSSR count). The first-order valence-corrected chi connectivity index (χ1v) is 3.69. The van der Waals surface area contributed by atoms with Crippen molar-refractivity contribution in [3.05, 3.63) is 0 Å². The van der Waals surface area contributed by atoms with Crippen LogP contribution in [0.1, 0.15) is 0 Å². The first kappa shape index (κ1) is 22.4. The summed E-state index contributed by atoms with van der Waals surface area (Å²) < 4.78 is 29.5. The van der Waals surface area contributed by atoms with Gasteiger partial charge in [0.1, 0.15) is 0 Å². The van der Waals surface area contributed by atoms with Crippen molar-refractivity contribution in [2.45, 2.75) is 0 Å². The van der Waals surface area contributed by atoms with Crippen LogP contribution >= 0.6 is 0 Å². The zero-order chi connectivity index (χ0) is 4.50. The Labute approximate surface area is 103 Å². The van der Waals surface area contributed by atoms with Crippen LogP contribution < -0.4 is 0 Å². The molecule has 8 heteroatoms. The van der Waals surface area contributed by atoms with Crippen molar-refractivity contribution in [2.75, 3.05) is 0 Å². The summed E-state index contributed by atoms with van der Waals surface area (Å²) in [5, 5.41) is 0. The molecule has 0 heterocycles. The molecule has 4 N–H and O–H groups in total. The van der Waals surface area contributed by atoms with Gasteiger partial charge in [0.05, 0.1) is 0 Å². The number of hydrogen-bond acceptors (Lipinski definition) is 4. The van der Waals surface area contributed by atoms with E-state index in [1.54, 1.807) is 0 Å². The Morgan fingerprint density at radius 1 is 0.875 bits per heavy atom. The van der Waals surface area contributed by atoms with Gasteiger partial charge < -0.3 is 0 Å². The summed E-state index contributed by atoms with van der Waals surface area (Å²) >= 11 is -5.00. The third-order valence-corrected chi connectivity index (χ3v) is 0. The molecule has 0 aliphatic rings. The maximum absolute atomic E-state index is 7.38. The number of hydrogen-bond donors (Lipinski definition) is 4. The van der Waals surface area contributed by atoms with Crippen LogP contribution in [-0.2, 0) is 18.1 Å². The molecule has 0 aromatic heterocycles. The van der Waals surface area contributed by atoms with Crippen LogP contribution in [0.4, 0.5) is 0 Å². The van der Waals surface area contributed by atoms with E-state index in [0.29, 0.717) is 0 Å². The van der Waals surface area contributed by atoms with Crippen LogP contribution in [0.5, 0.6) is 0 Å². The maximum atomic E-state index is 7.38. The molecule has 0 bridgehead atoms. The summed E-state index contributed by atoms with van der Waals surface area (Å²) in [5.41, 5.74) is 0. The second-order valence-corrected chi connectivity index (χ2v) is 2.47. The Hall–Kier alpha value is 2.80. The molecule has 0 atom stereocenters. The smallest absolute Gasteiger partial charge is 0.0149 e. The molecule has 0 aromatic rings. The Bertz CT molecular complexity index is 31.5. The molecule has 0 aromatic carbocycles. The van der Waals surface area contributed by atoms with Crippen LogP contribution in [0.3, 0.4) is 0 Å². The fourth-order valence-corrected chi connectivity index (χ4v) is 0. The van der Waals surface area contributed by atoms with Crippen molar-refractivity contribution >= 4 is 71.8 Å². The van der Waals surface area contributed by atoms with E-state index in [-0.39, 0.29) is 71.8 Å². The van der Waals surface area contributed by atoms with Gasteiger partial charge in [-0.25, -0.2) is 0 Å². The average Bonchev–Trinajstić information content (AvgIpc) is 0.722. The van der Waals surface area contributed by atoms with E-state index < -0.39 is 18.1 Å². The van der Waals surface area contributed by atoms with Gasteiger partial charge in [-0.15, -0.1) is 0 Å². The van der Waals surface area contributed by atoms with Gasteiger partial charge in [-0.3, -0.25) is 0 Å². The van der Waals surface area contributed by atoms with Crippen molar-refractivity contribution in [3.63, 3.8) is 0 Å². The van der Waals surface area contributed by atoms with Crippen molar-refractivity contribution in [1.82, 2.24) is 0 Å². The van der Waals surface area contributed by atoms with E-state index in [2.05, 4.69) is 0 Å². The quantitative estimate of drug-likeness (QED) is 0.305. The van der Waals surface area contributed by atoms with Crippen molar-refractivity contribution in [1.29, 1.82) is 0 Å². The third-order valence-electron chi connectivity index (χ3n) is 0. The summed E-state index contributed by atoms with van der Waals surface area (Å²) in [6.45, 7) is 0. The predicted octanol–water partition coefficient (Wildman–Crippen LogP) is -5.51. The largest absolute Gasteiger partial charge is 0.0149 e. The van der Waals surface area contributed by atoms with Crippen LogP contribution in [0, 0.1) is 0 Å². The first-order valence-electron chi connectivity index (χ1n) is 0.894. The van der Waals surface area contributed by atoms with Gasteiger partial charge in [0, 0.05) is 0 Å². The summed E-state index contributed by atoms with van der Waals surface area (Å²) in [6.07, 6.45) is 0. The van der Waals surface area contributed by atoms with Crippen molar-refractivity contribution in [3.8, 4) is 0 Å². The zero-order valence-corrected chi connectivity index (χ0v) is 3.85.